The highest BCUT2D eigenvalue weighted by atomic mass is 35.5. The van der Waals surface area contributed by atoms with Crippen molar-refractivity contribution in [2.24, 2.45) is 0 Å². The monoisotopic (exact) mass is 301 g/mol. The lowest BCUT2D eigenvalue weighted by molar-refractivity contribution is -0.114. The lowest BCUT2D eigenvalue weighted by Crippen LogP contribution is -2.22. The third-order valence-corrected chi connectivity index (χ3v) is 2.93. The van der Waals surface area contributed by atoms with Gasteiger partial charge in [0.1, 0.15) is 6.07 Å². The van der Waals surface area contributed by atoms with Crippen LogP contribution in [0.4, 0.5) is 11.5 Å². The number of nitrogens with zero attached hydrogens (tertiary/aromatic N) is 3. The van der Waals surface area contributed by atoms with Crippen molar-refractivity contribution in [1.29, 1.82) is 5.26 Å². The molecule has 0 radical (unpaired) electrons. The van der Waals surface area contributed by atoms with Gasteiger partial charge in [0.25, 0.3) is 0 Å². The molecule has 1 heterocycles. The van der Waals surface area contributed by atoms with Crippen LogP contribution in [0.2, 0.25) is 5.02 Å². The lowest BCUT2D eigenvalue weighted by atomic mass is 10.2. The molecule has 0 aliphatic rings. The predicted molar refractivity (Wildman–Crippen MR) is 80.1 cm³/mol. The van der Waals surface area contributed by atoms with Gasteiger partial charge < -0.3 is 10.6 Å². The summed E-state index contributed by atoms with van der Waals surface area (Å²) in [7, 11) is 0. The molecule has 0 aliphatic carbocycles. The normalized spacial score (nSPS) is 9.76. The van der Waals surface area contributed by atoms with Crippen molar-refractivity contribution in [3.63, 3.8) is 0 Å². The molecule has 1 aromatic carbocycles. The van der Waals surface area contributed by atoms with Crippen LogP contribution in [0.3, 0.4) is 0 Å². The van der Waals surface area contributed by atoms with Crippen LogP contribution >= 0.6 is 11.6 Å². The van der Waals surface area contributed by atoms with E-state index < -0.39 is 0 Å². The molecule has 1 amide bonds. The first-order valence-corrected chi connectivity index (χ1v) is 6.49. The number of carbonyl (C=O) groups is 1. The van der Waals surface area contributed by atoms with Crippen molar-refractivity contribution in [1.82, 2.24) is 9.97 Å². The molecule has 2 rings (SSSR count). The van der Waals surface area contributed by atoms with E-state index in [0.29, 0.717) is 10.7 Å². The molecule has 2 N–H and O–H groups in total. The van der Waals surface area contributed by atoms with Crippen LogP contribution in [0.25, 0.3) is 0 Å². The van der Waals surface area contributed by atoms with E-state index in [4.69, 9.17) is 16.9 Å². The first kappa shape index (κ1) is 14.8. The third-order valence-electron chi connectivity index (χ3n) is 2.62. The van der Waals surface area contributed by atoms with E-state index in [1.165, 1.54) is 12.4 Å². The Hall–Kier alpha value is -2.65. The number of anilines is 2. The van der Waals surface area contributed by atoms with E-state index in [0.717, 1.165) is 5.56 Å². The summed E-state index contributed by atoms with van der Waals surface area (Å²) in [5.41, 5.74) is 1.68. The maximum Gasteiger partial charge on any atom is 0.243 e. The van der Waals surface area contributed by atoms with E-state index in [1.807, 2.05) is 19.1 Å². The van der Waals surface area contributed by atoms with Gasteiger partial charge in [-0.1, -0.05) is 17.7 Å². The molecule has 0 bridgehead atoms. The maximum atomic E-state index is 11.9. The summed E-state index contributed by atoms with van der Waals surface area (Å²) in [5, 5.41) is 14.8. The van der Waals surface area contributed by atoms with Crippen molar-refractivity contribution in [3.05, 3.63) is 46.9 Å². The molecule has 0 saturated carbocycles. The Kier molecular flexibility index (Phi) is 4.69. The van der Waals surface area contributed by atoms with Crippen LogP contribution in [-0.4, -0.2) is 22.4 Å². The van der Waals surface area contributed by atoms with Gasteiger partial charge in [0.15, 0.2) is 11.5 Å². The molecule has 0 unspecified atom stereocenters. The Morgan fingerprint density at radius 3 is 2.86 bits per heavy atom. The number of halogens is 1. The summed E-state index contributed by atoms with van der Waals surface area (Å²) >= 11 is 6.04. The highest BCUT2D eigenvalue weighted by molar-refractivity contribution is 6.33. The number of carbonyl (C=O) groups excluding carboxylic acids is 1. The number of benzene rings is 1. The first-order valence-electron chi connectivity index (χ1n) is 6.11. The van der Waals surface area contributed by atoms with Crippen molar-refractivity contribution in [2.45, 2.75) is 6.92 Å². The maximum absolute atomic E-state index is 11.9. The molecule has 2 aromatic rings. The minimum atomic E-state index is -0.296. The van der Waals surface area contributed by atoms with Gasteiger partial charge in [-0.05, 0) is 24.6 Å². The largest absolute Gasteiger partial charge is 0.359 e. The van der Waals surface area contributed by atoms with Crippen molar-refractivity contribution in [3.8, 4) is 6.07 Å². The Morgan fingerprint density at radius 1 is 1.38 bits per heavy atom. The Bertz CT molecular complexity index is 711. The smallest absolute Gasteiger partial charge is 0.243 e. The molecule has 0 aliphatic heterocycles. The Labute approximate surface area is 126 Å². The van der Waals surface area contributed by atoms with Crippen LogP contribution in [-0.2, 0) is 4.79 Å². The number of hydrogen-bond donors (Lipinski definition) is 2. The minimum Gasteiger partial charge on any atom is -0.359 e. The van der Waals surface area contributed by atoms with Crippen LogP contribution in [0, 0.1) is 18.3 Å². The van der Waals surface area contributed by atoms with E-state index in [2.05, 4.69) is 20.6 Å². The minimum absolute atomic E-state index is 0.0441. The van der Waals surface area contributed by atoms with E-state index in [9.17, 15) is 4.79 Å². The van der Waals surface area contributed by atoms with Gasteiger partial charge in [0, 0.05) is 12.4 Å². The average Bonchev–Trinajstić information content (AvgIpc) is 2.48. The van der Waals surface area contributed by atoms with Crippen molar-refractivity contribution >= 4 is 29.0 Å². The van der Waals surface area contributed by atoms with Crippen LogP contribution < -0.4 is 10.6 Å². The molecule has 6 nitrogen and oxygen atoms in total. The summed E-state index contributed by atoms with van der Waals surface area (Å²) in [4.78, 5) is 19.7. The number of nitrogens with one attached hydrogen (secondary N) is 2. The standard InChI is InChI=1S/C14H12ClN5O/c1-9-2-3-11(10(15)6-9)20-13(21)8-19-14-12(7-16)17-4-5-18-14/h2-6H,8H2,1H3,(H,18,19)(H,20,21). The highest BCUT2D eigenvalue weighted by Crippen LogP contribution is 2.22. The first-order chi connectivity index (χ1) is 10.1. The number of nitriles is 1. The van der Waals surface area contributed by atoms with Crippen LogP contribution in [0.5, 0.6) is 0 Å². The topological polar surface area (TPSA) is 90.7 Å². The quantitative estimate of drug-likeness (QED) is 0.904. The molecule has 0 saturated heterocycles. The summed E-state index contributed by atoms with van der Waals surface area (Å²) in [6.45, 7) is 1.87. The molecule has 106 valence electrons. The number of hydrogen-bond acceptors (Lipinski definition) is 5. The van der Waals surface area contributed by atoms with E-state index >= 15 is 0 Å². The molecule has 7 heteroatoms. The fraction of sp³-hybridized carbons (Fsp3) is 0.143. The molecular formula is C14H12ClN5O. The van der Waals surface area contributed by atoms with E-state index in [1.54, 1.807) is 12.1 Å². The van der Waals surface area contributed by atoms with Gasteiger partial charge >= 0.3 is 0 Å². The Balaban J connectivity index is 1.98. The highest BCUT2D eigenvalue weighted by Gasteiger charge is 2.08. The summed E-state index contributed by atoms with van der Waals surface area (Å²) in [6, 6.07) is 7.25. The zero-order valence-corrected chi connectivity index (χ0v) is 12.0. The zero-order valence-electron chi connectivity index (χ0n) is 11.2. The molecule has 0 atom stereocenters. The van der Waals surface area contributed by atoms with Gasteiger partial charge in [0.05, 0.1) is 17.3 Å². The van der Waals surface area contributed by atoms with Gasteiger partial charge in [-0.25, -0.2) is 9.97 Å². The Morgan fingerprint density at radius 2 is 2.14 bits per heavy atom. The fourth-order valence-corrected chi connectivity index (χ4v) is 1.91. The molecular weight excluding hydrogens is 290 g/mol. The second-order valence-corrected chi connectivity index (χ2v) is 4.66. The van der Waals surface area contributed by atoms with Crippen LogP contribution in [0.1, 0.15) is 11.3 Å². The van der Waals surface area contributed by atoms with Gasteiger partial charge in [-0.3, -0.25) is 4.79 Å². The number of rotatable bonds is 4. The summed E-state index contributed by atoms with van der Waals surface area (Å²) in [6.07, 6.45) is 2.85. The van der Waals surface area contributed by atoms with Crippen molar-refractivity contribution in [2.75, 3.05) is 17.2 Å². The summed E-state index contributed by atoms with van der Waals surface area (Å²) < 4.78 is 0. The van der Waals surface area contributed by atoms with Crippen molar-refractivity contribution < 1.29 is 4.79 Å². The fourth-order valence-electron chi connectivity index (χ4n) is 1.63. The molecule has 0 fully saturated rings. The van der Waals surface area contributed by atoms with Crippen LogP contribution in [0.15, 0.2) is 30.6 Å². The second-order valence-electron chi connectivity index (χ2n) is 4.25. The van der Waals surface area contributed by atoms with Gasteiger partial charge in [-0.2, -0.15) is 5.26 Å². The molecule has 0 spiro atoms. The third kappa shape index (κ3) is 3.91. The SMILES string of the molecule is Cc1ccc(NC(=O)CNc2nccnc2C#N)c(Cl)c1. The second kappa shape index (κ2) is 6.68. The average molecular weight is 302 g/mol. The predicted octanol–water partition coefficient (Wildman–Crippen LogP) is 2.36. The van der Waals surface area contributed by atoms with E-state index in [-0.39, 0.29) is 24.0 Å². The number of amides is 1. The summed E-state index contributed by atoms with van der Waals surface area (Å²) in [5.74, 6) is -0.0274. The molecule has 21 heavy (non-hydrogen) atoms. The zero-order chi connectivity index (χ0) is 15.2. The lowest BCUT2D eigenvalue weighted by Gasteiger charge is -2.09. The van der Waals surface area contributed by atoms with Gasteiger partial charge in [-0.15, -0.1) is 0 Å². The number of aromatic nitrogens is 2. The molecule has 1 aromatic heterocycles. The number of aryl methyl sites for hydroxylation is 1. The van der Waals surface area contributed by atoms with Gasteiger partial charge in [0.2, 0.25) is 5.91 Å².